The van der Waals surface area contributed by atoms with Crippen LogP contribution in [0, 0.1) is 21.4 Å². The molecule has 8 nitrogen and oxygen atoms in total. The third-order valence-corrected chi connectivity index (χ3v) is 6.51. The molecule has 0 spiro atoms. The lowest BCUT2D eigenvalue weighted by atomic mass is 10.2. The first kappa shape index (κ1) is 26.2. The van der Waals surface area contributed by atoms with Gasteiger partial charge in [0.2, 0.25) is 11.8 Å². The third kappa shape index (κ3) is 5.02. The van der Waals surface area contributed by atoms with Crippen LogP contribution in [-0.2, 0) is 13.1 Å². The zero-order chi connectivity index (χ0) is 28.2. The summed E-state index contributed by atoms with van der Waals surface area (Å²) in [6.07, 6.45) is 0. The van der Waals surface area contributed by atoms with Gasteiger partial charge in [0, 0.05) is 10.8 Å². The number of benzene rings is 4. The highest BCUT2D eigenvalue weighted by Crippen LogP contribution is 2.40. The monoisotopic (exact) mass is 540 g/mol. The van der Waals surface area contributed by atoms with Crippen molar-refractivity contribution in [1.29, 1.82) is 0 Å². The molecule has 6 rings (SSSR count). The fraction of sp³-hybridized carbons (Fsp3) is 0.0667. The largest absolute Gasteiger partial charge is 0.493 e. The Morgan fingerprint density at radius 3 is 1.70 bits per heavy atom. The van der Waals surface area contributed by atoms with Crippen molar-refractivity contribution in [2.24, 2.45) is 10.4 Å². The summed E-state index contributed by atoms with van der Waals surface area (Å²) in [5.41, 5.74) is 2.96. The molecule has 0 saturated heterocycles. The maximum Gasteiger partial charge on any atom is 0.222 e. The molecule has 0 amide bonds. The molecule has 40 heavy (non-hydrogen) atoms. The van der Waals surface area contributed by atoms with Crippen LogP contribution in [-0.4, -0.2) is 19.3 Å². The predicted molar refractivity (Wildman–Crippen MR) is 149 cm³/mol. The zero-order valence-electron chi connectivity index (χ0n) is 20.9. The van der Waals surface area contributed by atoms with Crippen molar-refractivity contribution >= 4 is 33.2 Å². The second kappa shape index (κ2) is 11.2. The zero-order valence-corrected chi connectivity index (χ0v) is 20.9. The Kier molecular flexibility index (Phi) is 7.32. The lowest BCUT2D eigenvalue weighted by Gasteiger charge is -2.07. The van der Waals surface area contributed by atoms with Gasteiger partial charge in [0.15, 0.2) is 11.4 Å². The number of nitroso groups, excluding NO2 is 2. The number of hydrogen-bond acceptors (Lipinski definition) is 6. The first-order valence-corrected chi connectivity index (χ1v) is 12.2. The number of hydrogen-bond donors (Lipinski definition) is 2. The average Bonchev–Trinajstić information content (AvgIpc) is 3.39. The van der Waals surface area contributed by atoms with E-state index < -0.39 is 5.82 Å². The molecule has 6 aromatic rings. The van der Waals surface area contributed by atoms with E-state index in [4.69, 9.17) is 0 Å². The Hall–Kier alpha value is -5.38. The Bertz CT molecular complexity index is 1830. The second-order valence-electron chi connectivity index (χ2n) is 8.99. The van der Waals surface area contributed by atoms with Gasteiger partial charge in [0.1, 0.15) is 11.6 Å². The summed E-state index contributed by atoms with van der Waals surface area (Å²) in [6, 6.07) is 26.7. The van der Waals surface area contributed by atoms with Crippen molar-refractivity contribution in [3.05, 3.63) is 130 Å². The van der Waals surface area contributed by atoms with E-state index >= 15 is 0 Å². The average molecular weight is 541 g/mol. The standard InChI is InChI=1S/C15H10F2N2O2.C15H12N2O2/c16-10-3-1-9(2-4-10)8-19-13-6-5-11(17)7-12(13)14(18-21)15(19)20;18-15-14(16-19)12-8-4-5-9-13(12)17(15)10-11-6-2-1-3-7-11/h1-7,20H,8H2;1-9,18H,10H2. The highest BCUT2D eigenvalue weighted by molar-refractivity contribution is 5.96. The van der Waals surface area contributed by atoms with Crippen LogP contribution in [0.3, 0.4) is 0 Å². The SMILES string of the molecule is O=Nc1c(O)n(Cc2ccc(F)cc2)c2ccc(F)cc12.O=Nc1c(O)n(Cc2ccccc2)c2ccccc12. The molecular formula is C30H22F2N4O4. The fourth-order valence-electron chi connectivity index (χ4n) is 4.61. The minimum absolute atomic E-state index is 0.0833. The van der Waals surface area contributed by atoms with Gasteiger partial charge in [-0.1, -0.05) is 60.7 Å². The lowest BCUT2D eigenvalue weighted by Crippen LogP contribution is -1.98. The van der Waals surface area contributed by atoms with E-state index in [1.54, 1.807) is 22.8 Å². The van der Waals surface area contributed by atoms with Crippen molar-refractivity contribution in [1.82, 2.24) is 9.13 Å². The quantitative estimate of drug-likeness (QED) is 0.210. The molecular weight excluding hydrogens is 518 g/mol. The molecule has 4 aromatic carbocycles. The van der Waals surface area contributed by atoms with Gasteiger partial charge in [-0.2, -0.15) is 0 Å². The van der Waals surface area contributed by atoms with Crippen LogP contribution < -0.4 is 0 Å². The molecule has 2 N–H and O–H groups in total. The molecule has 0 unspecified atom stereocenters. The number of para-hydroxylation sites is 1. The van der Waals surface area contributed by atoms with E-state index in [9.17, 15) is 28.8 Å². The number of nitrogens with zero attached hydrogens (tertiary/aromatic N) is 4. The molecule has 2 heterocycles. The van der Waals surface area contributed by atoms with Crippen molar-refractivity contribution in [2.45, 2.75) is 13.1 Å². The highest BCUT2D eigenvalue weighted by atomic mass is 19.1. The van der Waals surface area contributed by atoms with E-state index in [1.807, 2.05) is 48.5 Å². The normalized spacial score (nSPS) is 10.8. The first-order chi connectivity index (χ1) is 19.4. The van der Waals surface area contributed by atoms with E-state index in [1.165, 1.54) is 28.8 Å². The minimum atomic E-state index is -0.522. The lowest BCUT2D eigenvalue weighted by molar-refractivity contribution is 0.429. The molecule has 0 aliphatic rings. The molecule has 0 fully saturated rings. The van der Waals surface area contributed by atoms with Gasteiger partial charge in [-0.25, -0.2) is 8.78 Å². The summed E-state index contributed by atoms with van der Waals surface area (Å²) >= 11 is 0. The van der Waals surface area contributed by atoms with Crippen LogP contribution in [0.4, 0.5) is 20.2 Å². The molecule has 0 bridgehead atoms. The summed E-state index contributed by atoms with van der Waals surface area (Å²) in [6.45, 7) is 0.715. The van der Waals surface area contributed by atoms with Crippen LogP contribution in [0.5, 0.6) is 11.8 Å². The molecule has 0 radical (unpaired) electrons. The van der Waals surface area contributed by atoms with E-state index in [0.717, 1.165) is 22.7 Å². The number of aromatic nitrogens is 2. The van der Waals surface area contributed by atoms with Gasteiger partial charge in [0.05, 0.1) is 24.1 Å². The molecule has 2 aromatic heterocycles. The van der Waals surface area contributed by atoms with Crippen LogP contribution in [0.25, 0.3) is 21.8 Å². The molecule has 0 aliphatic carbocycles. The Balaban J connectivity index is 0.000000162. The number of fused-ring (bicyclic) bond motifs is 2. The number of aromatic hydroxyl groups is 2. The van der Waals surface area contributed by atoms with Crippen molar-refractivity contribution < 1.29 is 19.0 Å². The Labute approximate surface area is 226 Å². The maximum absolute atomic E-state index is 13.3. The summed E-state index contributed by atoms with van der Waals surface area (Å²) in [5, 5.41) is 26.9. The predicted octanol–water partition coefficient (Wildman–Crippen LogP) is 7.86. The molecule has 0 atom stereocenters. The summed E-state index contributed by atoms with van der Waals surface area (Å²) in [5.74, 6) is -1.31. The number of rotatable bonds is 6. The van der Waals surface area contributed by atoms with E-state index in [-0.39, 0.29) is 40.9 Å². The molecule has 0 saturated carbocycles. The van der Waals surface area contributed by atoms with Gasteiger partial charge < -0.3 is 19.3 Å². The maximum atomic E-state index is 13.3. The highest BCUT2D eigenvalue weighted by Gasteiger charge is 2.19. The van der Waals surface area contributed by atoms with Crippen LogP contribution in [0.2, 0.25) is 0 Å². The second-order valence-corrected chi connectivity index (χ2v) is 8.99. The van der Waals surface area contributed by atoms with Gasteiger partial charge in [-0.05, 0) is 57.9 Å². The van der Waals surface area contributed by atoms with Gasteiger partial charge in [-0.15, -0.1) is 9.81 Å². The topological polar surface area (TPSA) is 109 Å². The summed E-state index contributed by atoms with van der Waals surface area (Å²) in [4.78, 5) is 21.8. The smallest absolute Gasteiger partial charge is 0.222 e. The van der Waals surface area contributed by atoms with Crippen molar-refractivity contribution in [2.75, 3.05) is 0 Å². The van der Waals surface area contributed by atoms with Crippen LogP contribution in [0.1, 0.15) is 11.1 Å². The summed E-state index contributed by atoms with van der Waals surface area (Å²) < 4.78 is 29.3. The summed E-state index contributed by atoms with van der Waals surface area (Å²) in [7, 11) is 0. The van der Waals surface area contributed by atoms with E-state index in [0.29, 0.717) is 17.4 Å². The van der Waals surface area contributed by atoms with E-state index in [2.05, 4.69) is 10.4 Å². The van der Waals surface area contributed by atoms with Crippen LogP contribution in [0.15, 0.2) is 107 Å². The molecule has 10 heteroatoms. The number of halogens is 2. The third-order valence-electron chi connectivity index (χ3n) is 6.51. The molecule has 200 valence electrons. The van der Waals surface area contributed by atoms with Crippen molar-refractivity contribution in [3.63, 3.8) is 0 Å². The van der Waals surface area contributed by atoms with Gasteiger partial charge >= 0.3 is 0 Å². The molecule has 0 aliphatic heterocycles. The minimum Gasteiger partial charge on any atom is -0.493 e. The van der Waals surface area contributed by atoms with Crippen molar-refractivity contribution in [3.8, 4) is 11.8 Å². The van der Waals surface area contributed by atoms with Gasteiger partial charge in [0.25, 0.3) is 0 Å². The fourth-order valence-corrected chi connectivity index (χ4v) is 4.61. The first-order valence-electron chi connectivity index (χ1n) is 12.2. The van der Waals surface area contributed by atoms with Crippen LogP contribution >= 0.6 is 0 Å². The van der Waals surface area contributed by atoms with Gasteiger partial charge in [-0.3, -0.25) is 0 Å². The Morgan fingerprint density at radius 1 is 0.575 bits per heavy atom. The Morgan fingerprint density at radius 2 is 1.07 bits per heavy atom.